The zero-order chi connectivity index (χ0) is 45.8. The van der Waals surface area contributed by atoms with Gasteiger partial charge in [0.05, 0.1) is 0 Å². The summed E-state index contributed by atoms with van der Waals surface area (Å²) in [5.74, 6) is -0.928. The van der Waals surface area contributed by atoms with Crippen LogP contribution >= 0.6 is 0 Å². The van der Waals surface area contributed by atoms with E-state index in [4.69, 9.17) is 14.2 Å². The number of hydrogen-bond donors (Lipinski definition) is 0. The smallest absolute Gasteiger partial charge is 0.306 e. The number of carbonyl (C=O) groups excluding carboxylic acids is 3. The number of carbonyl (C=O) groups is 3. The summed E-state index contributed by atoms with van der Waals surface area (Å²) in [7, 11) is 0. The van der Waals surface area contributed by atoms with Gasteiger partial charge < -0.3 is 14.2 Å². The molecule has 0 N–H and O–H groups in total. The quantitative estimate of drug-likeness (QED) is 0.0262. The molecule has 0 aliphatic carbocycles. The van der Waals surface area contributed by atoms with Gasteiger partial charge in [0.25, 0.3) is 0 Å². The summed E-state index contributed by atoms with van der Waals surface area (Å²) in [6.07, 6.45) is 66.9. The predicted molar refractivity (Wildman–Crippen MR) is 270 cm³/mol. The third-order valence-electron chi connectivity index (χ3n) is 10.6. The summed E-state index contributed by atoms with van der Waals surface area (Å²) < 4.78 is 16.7. The zero-order valence-electron chi connectivity index (χ0n) is 40.8. The number of ether oxygens (including phenoxy) is 3. The van der Waals surface area contributed by atoms with Gasteiger partial charge in [-0.15, -0.1) is 0 Å². The Morgan fingerprint density at radius 1 is 0.333 bits per heavy atom. The molecule has 0 aromatic carbocycles. The molecule has 0 spiro atoms. The lowest BCUT2D eigenvalue weighted by Crippen LogP contribution is -2.30. The van der Waals surface area contributed by atoms with Crippen LogP contribution in [0.5, 0.6) is 0 Å². The van der Waals surface area contributed by atoms with Crippen molar-refractivity contribution in [1.29, 1.82) is 0 Å². The molecule has 0 radical (unpaired) electrons. The molecule has 1 unspecified atom stereocenters. The first-order valence-electron chi connectivity index (χ1n) is 25.7. The molecule has 0 aromatic heterocycles. The molecular formula is C57H94O6. The molecule has 0 aliphatic heterocycles. The van der Waals surface area contributed by atoms with E-state index in [2.05, 4.69) is 118 Å². The maximum absolute atomic E-state index is 12.7. The highest BCUT2D eigenvalue weighted by Crippen LogP contribution is 2.14. The maximum atomic E-state index is 12.7. The van der Waals surface area contributed by atoms with E-state index in [1.165, 1.54) is 51.4 Å². The summed E-state index contributed by atoms with van der Waals surface area (Å²) in [5, 5.41) is 0. The molecule has 1 atom stereocenters. The molecule has 0 saturated carbocycles. The lowest BCUT2D eigenvalue weighted by molar-refractivity contribution is -0.167. The molecule has 0 saturated heterocycles. The average molecular weight is 875 g/mol. The lowest BCUT2D eigenvalue weighted by atomic mass is 10.1. The Labute approximate surface area is 387 Å². The van der Waals surface area contributed by atoms with E-state index in [-0.39, 0.29) is 31.1 Å². The van der Waals surface area contributed by atoms with Crippen LogP contribution in [0.4, 0.5) is 0 Å². The number of esters is 3. The second kappa shape index (κ2) is 51.0. The van der Waals surface area contributed by atoms with E-state index < -0.39 is 6.10 Å². The maximum Gasteiger partial charge on any atom is 0.306 e. The van der Waals surface area contributed by atoms with Crippen LogP contribution in [0.1, 0.15) is 226 Å². The van der Waals surface area contributed by atoms with Crippen LogP contribution in [0.25, 0.3) is 0 Å². The molecule has 6 nitrogen and oxygen atoms in total. The zero-order valence-corrected chi connectivity index (χ0v) is 40.8. The van der Waals surface area contributed by atoms with Crippen LogP contribution in [0.2, 0.25) is 0 Å². The molecule has 0 bridgehead atoms. The second-order valence-corrected chi connectivity index (χ2v) is 16.7. The van der Waals surface area contributed by atoms with Crippen LogP contribution < -0.4 is 0 Å². The molecular weight excluding hydrogens is 781 g/mol. The highest BCUT2D eigenvalue weighted by Gasteiger charge is 2.19. The molecule has 358 valence electrons. The lowest BCUT2D eigenvalue weighted by Gasteiger charge is -2.18. The molecule has 0 amide bonds. The van der Waals surface area contributed by atoms with Crippen molar-refractivity contribution in [1.82, 2.24) is 0 Å². The van der Waals surface area contributed by atoms with Crippen LogP contribution in [0, 0.1) is 0 Å². The van der Waals surface area contributed by atoms with E-state index in [0.717, 1.165) is 135 Å². The van der Waals surface area contributed by atoms with Gasteiger partial charge >= 0.3 is 17.9 Å². The summed E-state index contributed by atoms with van der Waals surface area (Å²) in [4.78, 5) is 37.8. The fourth-order valence-electron chi connectivity index (χ4n) is 6.78. The van der Waals surface area contributed by atoms with E-state index in [1.807, 2.05) is 0 Å². The van der Waals surface area contributed by atoms with Crippen molar-refractivity contribution in [2.45, 2.75) is 232 Å². The minimum atomic E-state index is -0.788. The summed E-state index contributed by atoms with van der Waals surface area (Å²) >= 11 is 0. The van der Waals surface area contributed by atoms with Gasteiger partial charge in [-0.1, -0.05) is 208 Å². The molecule has 63 heavy (non-hydrogen) atoms. The van der Waals surface area contributed by atoms with Gasteiger partial charge in [-0.25, -0.2) is 0 Å². The van der Waals surface area contributed by atoms with Crippen molar-refractivity contribution >= 4 is 17.9 Å². The number of hydrogen-bond acceptors (Lipinski definition) is 6. The molecule has 0 heterocycles. The highest BCUT2D eigenvalue weighted by molar-refractivity contribution is 5.71. The molecule has 6 heteroatoms. The van der Waals surface area contributed by atoms with Crippen molar-refractivity contribution in [3.63, 3.8) is 0 Å². The topological polar surface area (TPSA) is 78.9 Å². The van der Waals surface area contributed by atoms with Gasteiger partial charge in [-0.05, 0) is 96.3 Å². The monoisotopic (exact) mass is 875 g/mol. The van der Waals surface area contributed by atoms with Gasteiger partial charge in [0, 0.05) is 19.3 Å². The minimum Gasteiger partial charge on any atom is -0.462 e. The van der Waals surface area contributed by atoms with Crippen molar-refractivity contribution in [3.05, 3.63) is 97.2 Å². The third-order valence-corrected chi connectivity index (χ3v) is 10.6. The Hall–Kier alpha value is -3.67. The SMILES string of the molecule is CC/C=C\C/C=C\C/C=C\C/C=C\C/C=C\CCCCCCCCCC(=O)OCC(COC(=O)CCCCCCCCC)OC(=O)CCCCCCC/C=C\C/C=C\C/C=C\CC. The number of rotatable bonds is 45. The first-order chi connectivity index (χ1) is 31.0. The van der Waals surface area contributed by atoms with Crippen LogP contribution in [0.15, 0.2) is 97.2 Å². The Balaban J connectivity index is 4.28. The van der Waals surface area contributed by atoms with Gasteiger partial charge in [-0.3, -0.25) is 14.4 Å². The summed E-state index contributed by atoms with van der Waals surface area (Å²) in [5.41, 5.74) is 0. The van der Waals surface area contributed by atoms with Crippen LogP contribution in [-0.2, 0) is 28.6 Å². The van der Waals surface area contributed by atoms with Gasteiger partial charge in [0.15, 0.2) is 6.10 Å². The van der Waals surface area contributed by atoms with E-state index in [0.29, 0.717) is 19.3 Å². The normalized spacial score (nSPS) is 12.9. The first kappa shape index (κ1) is 59.3. The van der Waals surface area contributed by atoms with Crippen molar-refractivity contribution < 1.29 is 28.6 Å². The molecule has 0 aromatic rings. The van der Waals surface area contributed by atoms with Crippen molar-refractivity contribution in [2.75, 3.05) is 13.2 Å². The van der Waals surface area contributed by atoms with E-state index in [9.17, 15) is 14.4 Å². The first-order valence-corrected chi connectivity index (χ1v) is 25.7. The van der Waals surface area contributed by atoms with E-state index >= 15 is 0 Å². The summed E-state index contributed by atoms with van der Waals surface area (Å²) in [6, 6.07) is 0. The molecule has 0 rings (SSSR count). The number of unbranched alkanes of at least 4 members (excludes halogenated alkanes) is 18. The fourth-order valence-corrected chi connectivity index (χ4v) is 6.78. The summed E-state index contributed by atoms with van der Waals surface area (Å²) in [6.45, 7) is 6.33. The van der Waals surface area contributed by atoms with Crippen molar-refractivity contribution in [2.24, 2.45) is 0 Å². The Kier molecular flexibility index (Phi) is 48.0. The standard InChI is InChI=1S/C57H94O6/c1-4-7-10-13-16-18-20-22-24-25-26-27-28-29-30-31-33-34-36-38-41-44-47-50-56(59)62-53-54(52-61-55(58)49-46-43-40-15-12-9-6-3)63-57(60)51-48-45-42-39-37-35-32-23-21-19-17-14-11-8-5-2/h7-8,10-11,16-19,22-24,26-27,29-30,32,54H,4-6,9,12-15,20-21,25,28,31,33-53H2,1-3H3/b10-7-,11-8-,18-16-,19-17-,24-22-,27-26-,30-29-,32-23-. The Bertz CT molecular complexity index is 1280. The highest BCUT2D eigenvalue weighted by atomic mass is 16.6. The predicted octanol–water partition coefficient (Wildman–Crippen LogP) is 17.0. The van der Waals surface area contributed by atoms with E-state index in [1.54, 1.807) is 0 Å². The fraction of sp³-hybridized carbons (Fsp3) is 0.667. The number of allylic oxidation sites excluding steroid dienone is 16. The minimum absolute atomic E-state index is 0.0886. The van der Waals surface area contributed by atoms with Crippen molar-refractivity contribution in [3.8, 4) is 0 Å². The van der Waals surface area contributed by atoms with Crippen LogP contribution in [-0.4, -0.2) is 37.2 Å². The molecule has 0 fully saturated rings. The van der Waals surface area contributed by atoms with Gasteiger partial charge in [0.2, 0.25) is 0 Å². The Morgan fingerprint density at radius 3 is 0.968 bits per heavy atom. The largest absolute Gasteiger partial charge is 0.462 e. The molecule has 0 aliphatic rings. The average Bonchev–Trinajstić information content (AvgIpc) is 3.28. The van der Waals surface area contributed by atoms with Gasteiger partial charge in [-0.2, -0.15) is 0 Å². The Morgan fingerprint density at radius 2 is 0.619 bits per heavy atom. The second-order valence-electron chi connectivity index (χ2n) is 16.7. The van der Waals surface area contributed by atoms with Crippen LogP contribution in [0.3, 0.4) is 0 Å². The third kappa shape index (κ3) is 49.2. The van der Waals surface area contributed by atoms with Gasteiger partial charge in [0.1, 0.15) is 13.2 Å².